The molecule has 0 spiro atoms. The van der Waals surface area contributed by atoms with Crippen LogP contribution >= 0.6 is 15.9 Å². The zero-order chi connectivity index (χ0) is 8.97. The third-order valence-corrected chi connectivity index (χ3v) is 1.95. The second-order valence-electron chi connectivity index (χ2n) is 2.10. The highest BCUT2D eigenvalue weighted by Gasteiger charge is 2.03. The average Bonchev–Trinajstić information content (AvgIpc) is 2.16. The van der Waals surface area contributed by atoms with Crippen LogP contribution in [0.15, 0.2) is 12.1 Å². The Morgan fingerprint density at radius 3 is 2.92 bits per heavy atom. The molecule has 4 heteroatoms. The topological polar surface area (TPSA) is 45.9 Å². The molecule has 3 nitrogen and oxygen atoms in total. The van der Waals surface area contributed by atoms with Crippen LogP contribution in [0, 0.1) is 11.3 Å². The maximum Gasteiger partial charge on any atom is 0.182 e. The van der Waals surface area contributed by atoms with Crippen molar-refractivity contribution in [2.75, 3.05) is 7.11 Å². The first-order chi connectivity index (χ1) is 5.81. The van der Waals surface area contributed by atoms with Crippen molar-refractivity contribution < 1.29 is 4.74 Å². The summed E-state index contributed by atoms with van der Waals surface area (Å²) in [5.41, 5.74) is 1.15. The maximum absolute atomic E-state index is 8.66. The standard InChI is InChI=1S/C8H7BrN2O/c1-12-8-3-2-6(4-9)11-7(8)5-10/h2-3H,4H2,1H3. The van der Waals surface area contributed by atoms with E-state index < -0.39 is 0 Å². The molecule has 0 saturated carbocycles. The van der Waals surface area contributed by atoms with E-state index >= 15 is 0 Å². The van der Waals surface area contributed by atoms with Gasteiger partial charge < -0.3 is 4.74 Å². The number of pyridine rings is 1. The van der Waals surface area contributed by atoms with Crippen LogP contribution < -0.4 is 4.74 Å². The Labute approximate surface area is 79.1 Å². The van der Waals surface area contributed by atoms with Crippen molar-refractivity contribution in [3.8, 4) is 11.8 Å². The van der Waals surface area contributed by atoms with E-state index in [2.05, 4.69) is 20.9 Å². The number of nitrogens with zero attached hydrogens (tertiary/aromatic N) is 2. The van der Waals surface area contributed by atoms with Gasteiger partial charge >= 0.3 is 0 Å². The van der Waals surface area contributed by atoms with Gasteiger partial charge in [-0.3, -0.25) is 0 Å². The number of aromatic nitrogens is 1. The summed E-state index contributed by atoms with van der Waals surface area (Å²) < 4.78 is 4.94. The molecule has 0 aliphatic carbocycles. The Hall–Kier alpha value is -1.08. The smallest absolute Gasteiger partial charge is 0.182 e. The van der Waals surface area contributed by atoms with Gasteiger partial charge in [-0.2, -0.15) is 5.26 Å². The van der Waals surface area contributed by atoms with E-state index in [0.29, 0.717) is 16.8 Å². The van der Waals surface area contributed by atoms with Gasteiger partial charge in [0.1, 0.15) is 6.07 Å². The molecule has 0 aliphatic heterocycles. The van der Waals surface area contributed by atoms with Crippen LogP contribution in [0.5, 0.6) is 5.75 Å². The molecule has 1 rings (SSSR count). The monoisotopic (exact) mass is 226 g/mol. The minimum atomic E-state index is 0.328. The number of hydrogen-bond donors (Lipinski definition) is 0. The summed E-state index contributed by atoms with van der Waals surface area (Å²) in [6, 6.07) is 5.52. The summed E-state index contributed by atoms with van der Waals surface area (Å²) in [5.74, 6) is 0.516. The fraction of sp³-hybridized carbons (Fsp3) is 0.250. The minimum Gasteiger partial charge on any atom is -0.494 e. The van der Waals surface area contributed by atoms with Gasteiger partial charge in [0.15, 0.2) is 11.4 Å². The number of methoxy groups -OCH3 is 1. The quantitative estimate of drug-likeness (QED) is 0.724. The van der Waals surface area contributed by atoms with E-state index in [4.69, 9.17) is 10.00 Å². The molecule has 0 aromatic carbocycles. The largest absolute Gasteiger partial charge is 0.494 e. The number of alkyl halides is 1. The molecule has 0 radical (unpaired) electrons. The summed E-state index contributed by atoms with van der Waals surface area (Å²) in [6.45, 7) is 0. The normalized spacial score (nSPS) is 9.08. The SMILES string of the molecule is COc1ccc(CBr)nc1C#N. The lowest BCUT2D eigenvalue weighted by atomic mass is 10.3. The van der Waals surface area contributed by atoms with Crippen LogP contribution in [0.1, 0.15) is 11.4 Å². The highest BCUT2D eigenvalue weighted by molar-refractivity contribution is 9.08. The van der Waals surface area contributed by atoms with Crippen molar-refractivity contribution in [3.05, 3.63) is 23.5 Å². The molecule has 0 aliphatic rings. The molecule has 1 aromatic heterocycles. The lowest BCUT2D eigenvalue weighted by Gasteiger charge is -2.01. The van der Waals surface area contributed by atoms with Gasteiger partial charge in [0, 0.05) is 5.33 Å². The summed E-state index contributed by atoms with van der Waals surface area (Å²) in [5, 5.41) is 9.31. The third kappa shape index (κ3) is 1.74. The molecular formula is C8H7BrN2O. The number of hydrogen-bond acceptors (Lipinski definition) is 3. The van der Waals surface area contributed by atoms with Crippen LogP contribution in [0.4, 0.5) is 0 Å². The average molecular weight is 227 g/mol. The first-order valence-corrected chi connectivity index (χ1v) is 4.44. The van der Waals surface area contributed by atoms with E-state index in [1.165, 1.54) is 7.11 Å². The van der Waals surface area contributed by atoms with Crippen molar-refractivity contribution >= 4 is 15.9 Å². The molecule has 0 unspecified atom stereocenters. The predicted octanol–water partition coefficient (Wildman–Crippen LogP) is 1.86. The fourth-order valence-corrected chi connectivity index (χ4v) is 1.12. The highest BCUT2D eigenvalue weighted by atomic mass is 79.9. The second-order valence-corrected chi connectivity index (χ2v) is 2.66. The Morgan fingerprint density at radius 1 is 1.67 bits per heavy atom. The number of rotatable bonds is 2. The van der Waals surface area contributed by atoms with Crippen LogP contribution in [0.2, 0.25) is 0 Å². The summed E-state index contributed by atoms with van der Waals surface area (Å²) in [7, 11) is 1.52. The Balaban J connectivity index is 3.13. The number of halogens is 1. The highest BCUT2D eigenvalue weighted by Crippen LogP contribution is 2.16. The molecule has 0 amide bonds. The Kier molecular flexibility index (Phi) is 3.06. The lowest BCUT2D eigenvalue weighted by Crippen LogP contribution is -1.94. The van der Waals surface area contributed by atoms with Crippen molar-refractivity contribution in [3.63, 3.8) is 0 Å². The minimum absolute atomic E-state index is 0.328. The van der Waals surface area contributed by atoms with Gasteiger partial charge in [-0.05, 0) is 12.1 Å². The zero-order valence-corrected chi connectivity index (χ0v) is 8.13. The maximum atomic E-state index is 8.66. The van der Waals surface area contributed by atoms with Gasteiger partial charge in [-0.25, -0.2) is 4.98 Å². The van der Waals surface area contributed by atoms with E-state index in [9.17, 15) is 0 Å². The van der Waals surface area contributed by atoms with Crippen molar-refractivity contribution in [1.82, 2.24) is 4.98 Å². The van der Waals surface area contributed by atoms with Crippen LogP contribution in [-0.4, -0.2) is 12.1 Å². The molecule has 0 bridgehead atoms. The molecule has 0 fully saturated rings. The van der Waals surface area contributed by atoms with Crippen LogP contribution in [-0.2, 0) is 5.33 Å². The molecule has 1 heterocycles. The molecule has 1 aromatic rings. The van der Waals surface area contributed by atoms with Gasteiger partial charge in [0.25, 0.3) is 0 Å². The molecule has 62 valence electrons. The lowest BCUT2D eigenvalue weighted by molar-refractivity contribution is 0.411. The Bertz CT molecular complexity index is 319. The summed E-state index contributed by atoms with van der Waals surface area (Å²) >= 11 is 3.25. The van der Waals surface area contributed by atoms with Gasteiger partial charge in [-0.1, -0.05) is 15.9 Å². The second kappa shape index (κ2) is 4.07. The van der Waals surface area contributed by atoms with E-state index in [-0.39, 0.29) is 0 Å². The van der Waals surface area contributed by atoms with Crippen molar-refractivity contribution in [2.45, 2.75) is 5.33 Å². The van der Waals surface area contributed by atoms with E-state index in [1.54, 1.807) is 6.07 Å². The Morgan fingerprint density at radius 2 is 2.42 bits per heavy atom. The van der Waals surface area contributed by atoms with Gasteiger partial charge in [0.2, 0.25) is 0 Å². The summed E-state index contributed by atoms with van der Waals surface area (Å²) in [4.78, 5) is 4.05. The first-order valence-electron chi connectivity index (χ1n) is 3.31. The van der Waals surface area contributed by atoms with Crippen molar-refractivity contribution in [1.29, 1.82) is 5.26 Å². The van der Waals surface area contributed by atoms with Crippen LogP contribution in [0.25, 0.3) is 0 Å². The fourth-order valence-electron chi connectivity index (χ4n) is 0.806. The molecule has 12 heavy (non-hydrogen) atoms. The number of nitriles is 1. The summed E-state index contributed by atoms with van der Waals surface area (Å²) in [6.07, 6.45) is 0. The molecule has 0 saturated heterocycles. The van der Waals surface area contributed by atoms with E-state index in [1.807, 2.05) is 12.1 Å². The van der Waals surface area contributed by atoms with Gasteiger partial charge in [-0.15, -0.1) is 0 Å². The van der Waals surface area contributed by atoms with Gasteiger partial charge in [0.05, 0.1) is 12.8 Å². The zero-order valence-electron chi connectivity index (χ0n) is 6.54. The number of ether oxygens (including phenoxy) is 1. The molecular weight excluding hydrogens is 220 g/mol. The third-order valence-electron chi connectivity index (χ3n) is 1.38. The predicted molar refractivity (Wildman–Crippen MR) is 48.1 cm³/mol. The van der Waals surface area contributed by atoms with Crippen LogP contribution in [0.3, 0.4) is 0 Å². The first kappa shape index (κ1) is 9.01. The molecule has 0 N–H and O–H groups in total. The molecule has 0 atom stereocenters. The van der Waals surface area contributed by atoms with E-state index in [0.717, 1.165) is 5.69 Å². The van der Waals surface area contributed by atoms with Crippen molar-refractivity contribution in [2.24, 2.45) is 0 Å².